The van der Waals surface area contributed by atoms with Crippen molar-refractivity contribution >= 4 is 23.4 Å². The third-order valence-corrected chi connectivity index (χ3v) is 6.05. The van der Waals surface area contributed by atoms with Crippen LogP contribution in [-0.2, 0) is 11.2 Å². The highest BCUT2D eigenvalue weighted by atomic mass is 32.2. The van der Waals surface area contributed by atoms with Crippen LogP contribution in [0, 0.1) is 5.82 Å². The summed E-state index contributed by atoms with van der Waals surface area (Å²) < 4.78 is 13.3. The molecule has 1 aromatic heterocycles. The fourth-order valence-corrected chi connectivity index (χ4v) is 4.68. The number of phenols is 1. The highest BCUT2D eigenvalue weighted by molar-refractivity contribution is 8.00. The molecule has 1 saturated heterocycles. The minimum absolute atomic E-state index is 0.0147. The minimum Gasteiger partial charge on any atom is -0.508 e. The van der Waals surface area contributed by atoms with E-state index in [1.807, 2.05) is 30.5 Å². The molecule has 6 heteroatoms. The molecule has 1 N–H and O–H groups in total. The summed E-state index contributed by atoms with van der Waals surface area (Å²) in [6.07, 6.45) is 4.42. The molecule has 1 aliphatic heterocycles. The number of amides is 1. The number of thioether (sulfide) groups is 1. The lowest BCUT2D eigenvalue weighted by Crippen LogP contribution is -2.57. The third-order valence-electron chi connectivity index (χ3n) is 4.80. The lowest BCUT2D eigenvalue weighted by atomic mass is 9.92. The molecule has 4 rings (SSSR count). The number of nitrogens with zero attached hydrogens (tertiary/aromatic N) is 2. The second-order valence-electron chi connectivity index (χ2n) is 6.62. The molecule has 0 spiro atoms. The molecule has 2 aromatic carbocycles. The number of anilines is 1. The first-order chi connectivity index (χ1) is 13.6. The Bertz CT molecular complexity index is 949. The van der Waals surface area contributed by atoms with E-state index in [0.717, 1.165) is 23.3 Å². The van der Waals surface area contributed by atoms with Gasteiger partial charge in [-0.1, -0.05) is 18.2 Å². The highest BCUT2D eigenvalue weighted by Crippen LogP contribution is 2.45. The number of aromatic nitrogens is 1. The summed E-state index contributed by atoms with van der Waals surface area (Å²) in [6.45, 7) is 0. The summed E-state index contributed by atoms with van der Waals surface area (Å²) in [7, 11) is 0. The molecule has 0 bridgehead atoms. The Balaban J connectivity index is 1.53. The molecular formula is C22H19FN2O2S. The van der Waals surface area contributed by atoms with Crippen LogP contribution >= 0.6 is 11.8 Å². The molecule has 4 nitrogen and oxygen atoms in total. The van der Waals surface area contributed by atoms with E-state index in [2.05, 4.69) is 4.98 Å². The number of benzene rings is 2. The van der Waals surface area contributed by atoms with Crippen molar-refractivity contribution in [2.45, 2.75) is 17.7 Å². The van der Waals surface area contributed by atoms with Crippen LogP contribution in [0.1, 0.15) is 17.2 Å². The van der Waals surface area contributed by atoms with Crippen LogP contribution in [-0.4, -0.2) is 27.0 Å². The lowest BCUT2D eigenvalue weighted by Gasteiger charge is -2.47. The van der Waals surface area contributed by atoms with Gasteiger partial charge in [-0.05, 0) is 65.8 Å². The van der Waals surface area contributed by atoms with E-state index in [-0.39, 0.29) is 28.8 Å². The molecule has 3 aromatic rings. The molecule has 0 aliphatic carbocycles. The van der Waals surface area contributed by atoms with Gasteiger partial charge >= 0.3 is 0 Å². The van der Waals surface area contributed by atoms with Gasteiger partial charge in [-0.25, -0.2) is 4.39 Å². The molecule has 2 atom stereocenters. The Morgan fingerprint density at radius 2 is 1.82 bits per heavy atom. The van der Waals surface area contributed by atoms with Crippen LogP contribution in [0.5, 0.6) is 5.75 Å². The van der Waals surface area contributed by atoms with Gasteiger partial charge in [0, 0.05) is 18.1 Å². The summed E-state index contributed by atoms with van der Waals surface area (Å²) in [4.78, 5) is 18.7. The van der Waals surface area contributed by atoms with Gasteiger partial charge in [0.05, 0.1) is 6.04 Å². The van der Waals surface area contributed by atoms with Crippen molar-refractivity contribution in [1.29, 1.82) is 0 Å². The van der Waals surface area contributed by atoms with Gasteiger partial charge in [-0.15, -0.1) is 11.8 Å². The number of hydrogen-bond donors (Lipinski definition) is 1. The number of pyridine rings is 1. The largest absolute Gasteiger partial charge is 0.508 e. The topological polar surface area (TPSA) is 53.4 Å². The van der Waals surface area contributed by atoms with Crippen molar-refractivity contribution in [3.63, 3.8) is 0 Å². The van der Waals surface area contributed by atoms with Crippen LogP contribution in [0.4, 0.5) is 10.1 Å². The number of hydrogen-bond acceptors (Lipinski definition) is 4. The number of β-lactam (4-membered cyclic amide) rings is 1. The van der Waals surface area contributed by atoms with Crippen molar-refractivity contribution < 1.29 is 14.3 Å². The quantitative estimate of drug-likeness (QED) is 0.631. The van der Waals surface area contributed by atoms with E-state index in [4.69, 9.17) is 0 Å². The van der Waals surface area contributed by atoms with Crippen molar-refractivity contribution in [3.05, 3.63) is 90.0 Å². The Labute approximate surface area is 167 Å². The zero-order valence-corrected chi connectivity index (χ0v) is 15.8. The summed E-state index contributed by atoms with van der Waals surface area (Å²) in [6, 6.07) is 16.7. The van der Waals surface area contributed by atoms with E-state index in [0.29, 0.717) is 5.69 Å². The van der Waals surface area contributed by atoms with Gasteiger partial charge in [0.1, 0.15) is 16.8 Å². The lowest BCUT2D eigenvalue weighted by molar-refractivity contribution is -0.123. The molecule has 0 unspecified atom stereocenters. The third kappa shape index (κ3) is 3.73. The maximum absolute atomic E-state index is 13.3. The van der Waals surface area contributed by atoms with Crippen LogP contribution < -0.4 is 4.90 Å². The molecule has 1 fully saturated rings. The number of halogens is 1. The first-order valence-corrected chi connectivity index (χ1v) is 10.1. The number of carbonyl (C=O) groups excluding carboxylic acids is 1. The Kier molecular flexibility index (Phi) is 5.30. The second kappa shape index (κ2) is 8.02. The van der Waals surface area contributed by atoms with Crippen LogP contribution in [0.2, 0.25) is 0 Å². The predicted octanol–water partition coefficient (Wildman–Crippen LogP) is 4.36. The first-order valence-electron chi connectivity index (χ1n) is 9.01. The monoisotopic (exact) mass is 394 g/mol. The molecule has 0 saturated carbocycles. The average molecular weight is 394 g/mol. The second-order valence-corrected chi connectivity index (χ2v) is 7.87. The predicted molar refractivity (Wildman–Crippen MR) is 109 cm³/mol. The normalized spacial score (nSPS) is 18.8. The molecular weight excluding hydrogens is 375 g/mol. The van der Waals surface area contributed by atoms with Gasteiger partial charge in [-0.2, -0.15) is 0 Å². The molecule has 0 radical (unpaired) electrons. The van der Waals surface area contributed by atoms with Crippen molar-refractivity contribution in [2.24, 2.45) is 0 Å². The SMILES string of the molecule is O=C1[C@H](SCCc2cccnc2)[C@@H](c2ccc(O)cc2)N1c1ccc(F)cc1. The molecule has 142 valence electrons. The Morgan fingerprint density at radius 3 is 2.50 bits per heavy atom. The first kappa shape index (κ1) is 18.5. The molecule has 1 amide bonds. The van der Waals surface area contributed by atoms with E-state index in [1.54, 1.807) is 47.1 Å². The highest BCUT2D eigenvalue weighted by Gasteiger charge is 2.49. The van der Waals surface area contributed by atoms with Crippen molar-refractivity contribution in [1.82, 2.24) is 4.98 Å². The summed E-state index contributed by atoms with van der Waals surface area (Å²) >= 11 is 1.62. The number of phenolic OH excluding ortho intramolecular Hbond substituents is 1. The smallest absolute Gasteiger partial charge is 0.243 e. The van der Waals surface area contributed by atoms with Crippen molar-refractivity contribution in [3.8, 4) is 5.75 Å². The van der Waals surface area contributed by atoms with Crippen LogP contribution in [0.25, 0.3) is 0 Å². The summed E-state index contributed by atoms with van der Waals surface area (Å²) in [5, 5.41) is 9.38. The molecule has 28 heavy (non-hydrogen) atoms. The van der Waals surface area contributed by atoms with E-state index < -0.39 is 0 Å². The van der Waals surface area contributed by atoms with Gasteiger partial charge in [0.25, 0.3) is 0 Å². The molecule has 2 heterocycles. The van der Waals surface area contributed by atoms with Crippen molar-refractivity contribution in [2.75, 3.05) is 10.7 Å². The maximum atomic E-state index is 13.3. The number of carbonyl (C=O) groups is 1. The minimum atomic E-state index is -0.333. The number of aryl methyl sites for hydroxylation is 1. The zero-order valence-electron chi connectivity index (χ0n) is 15.0. The van der Waals surface area contributed by atoms with Gasteiger partial charge in [0.2, 0.25) is 5.91 Å². The van der Waals surface area contributed by atoms with E-state index >= 15 is 0 Å². The van der Waals surface area contributed by atoms with Gasteiger partial charge in [0.15, 0.2) is 0 Å². The van der Waals surface area contributed by atoms with E-state index in [9.17, 15) is 14.3 Å². The fraction of sp³-hybridized carbons (Fsp3) is 0.182. The Morgan fingerprint density at radius 1 is 1.07 bits per heavy atom. The number of rotatable bonds is 6. The maximum Gasteiger partial charge on any atom is 0.243 e. The zero-order chi connectivity index (χ0) is 19.5. The standard InChI is InChI=1S/C22H19FN2O2S/c23-17-5-7-18(8-6-17)25-20(16-3-9-19(26)10-4-16)21(22(25)27)28-13-11-15-2-1-12-24-14-15/h1-10,12,14,20-21,26H,11,13H2/t20-,21-/m1/s1. The van der Waals surface area contributed by atoms with E-state index in [1.165, 1.54) is 12.1 Å². The Hall–Kier alpha value is -2.86. The number of aromatic hydroxyl groups is 1. The van der Waals surface area contributed by atoms with Gasteiger partial charge in [-0.3, -0.25) is 9.78 Å². The van der Waals surface area contributed by atoms with Crippen LogP contribution in [0.15, 0.2) is 73.1 Å². The van der Waals surface area contributed by atoms with Crippen LogP contribution in [0.3, 0.4) is 0 Å². The van der Waals surface area contributed by atoms with Gasteiger partial charge < -0.3 is 10.0 Å². The fourth-order valence-electron chi connectivity index (χ4n) is 3.36. The average Bonchev–Trinajstić information content (AvgIpc) is 2.72. The summed E-state index contributed by atoms with van der Waals surface area (Å²) in [5.74, 6) is 0.665. The summed E-state index contributed by atoms with van der Waals surface area (Å²) in [5.41, 5.74) is 2.76. The molecule has 1 aliphatic rings.